The number of rotatable bonds is 3. The third-order valence-electron chi connectivity index (χ3n) is 4.97. The topological polar surface area (TPSA) is 59.1 Å². The zero-order chi connectivity index (χ0) is 19.5. The van der Waals surface area contributed by atoms with Crippen LogP contribution >= 0.6 is 11.3 Å². The lowest BCUT2D eigenvalue weighted by molar-refractivity contribution is -0.145. The molecule has 7 heteroatoms. The molecule has 0 N–H and O–H groups in total. The third kappa shape index (κ3) is 3.89. The fraction of sp³-hybridized carbons (Fsp3) is 0.333. The summed E-state index contributed by atoms with van der Waals surface area (Å²) in [6.07, 6.45) is 2.84. The van der Waals surface area contributed by atoms with Gasteiger partial charge in [0.1, 0.15) is 6.61 Å². The average molecular weight is 398 g/mol. The molecule has 1 atom stereocenters. The van der Waals surface area contributed by atoms with E-state index in [0.29, 0.717) is 37.7 Å². The fourth-order valence-electron chi connectivity index (χ4n) is 3.30. The van der Waals surface area contributed by atoms with Gasteiger partial charge in [-0.15, -0.1) is 11.3 Å². The lowest BCUT2D eigenvalue weighted by Crippen LogP contribution is -2.54. The number of amides is 2. The van der Waals surface area contributed by atoms with Crippen LogP contribution in [0.4, 0.5) is 0 Å². The van der Waals surface area contributed by atoms with E-state index in [1.165, 1.54) is 5.56 Å². The molecule has 6 nitrogen and oxygen atoms in total. The van der Waals surface area contributed by atoms with Crippen molar-refractivity contribution in [1.82, 2.24) is 9.80 Å². The first-order valence-electron chi connectivity index (χ1n) is 9.30. The van der Waals surface area contributed by atoms with E-state index in [9.17, 15) is 9.59 Å². The number of piperazine rings is 1. The average Bonchev–Trinajstić information content (AvgIpc) is 3.16. The van der Waals surface area contributed by atoms with Crippen LogP contribution in [0.25, 0.3) is 6.08 Å². The molecule has 1 unspecified atom stereocenters. The Bertz CT molecular complexity index is 899. The summed E-state index contributed by atoms with van der Waals surface area (Å²) >= 11 is 1.62. The highest BCUT2D eigenvalue weighted by molar-refractivity contribution is 7.11. The highest BCUT2D eigenvalue weighted by Gasteiger charge is 2.33. The molecule has 2 aromatic rings. The molecule has 0 spiro atoms. The number of ether oxygens (including phenoxy) is 2. The van der Waals surface area contributed by atoms with Crippen LogP contribution in [0.3, 0.4) is 0 Å². The fourth-order valence-corrected chi connectivity index (χ4v) is 4.12. The minimum atomic E-state index is -0.640. The summed E-state index contributed by atoms with van der Waals surface area (Å²) in [6.45, 7) is 4.26. The molecule has 2 aliphatic heterocycles. The van der Waals surface area contributed by atoms with Crippen molar-refractivity contribution in [2.75, 3.05) is 32.8 Å². The molecule has 2 aliphatic rings. The molecule has 28 heavy (non-hydrogen) atoms. The van der Waals surface area contributed by atoms with Crippen LogP contribution in [0.1, 0.15) is 10.4 Å². The van der Waals surface area contributed by atoms with Crippen molar-refractivity contribution in [3.8, 4) is 11.5 Å². The largest absolute Gasteiger partial charge is 0.485 e. The van der Waals surface area contributed by atoms with Gasteiger partial charge in [0, 0.05) is 37.1 Å². The number of aryl methyl sites for hydroxylation is 1. The maximum atomic E-state index is 12.8. The second kappa shape index (κ2) is 8.06. The number of fused-ring (bicyclic) bond motifs is 1. The number of hydrogen-bond acceptors (Lipinski definition) is 5. The van der Waals surface area contributed by atoms with Gasteiger partial charge in [-0.05, 0) is 42.1 Å². The van der Waals surface area contributed by atoms with Gasteiger partial charge >= 0.3 is 0 Å². The minimum absolute atomic E-state index is 0.0222. The summed E-state index contributed by atoms with van der Waals surface area (Å²) < 4.78 is 11.4. The Morgan fingerprint density at radius 2 is 1.79 bits per heavy atom. The van der Waals surface area contributed by atoms with Gasteiger partial charge < -0.3 is 19.3 Å². The first kappa shape index (κ1) is 18.6. The van der Waals surface area contributed by atoms with Crippen molar-refractivity contribution < 1.29 is 19.1 Å². The summed E-state index contributed by atoms with van der Waals surface area (Å²) in [7, 11) is 0. The van der Waals surface area contributed by atoms with E-state index < -0.39 is 6.10 Å². The third-order valence-corrected chi connectivity index (χ3v) is 5.95. The van der Waals surface area contributed by atoms with E-state index in [2.05, 4.69) is 0 Å². The maximum Gasteiger partial charge on any atom is 0.267 e. The Labute approximate surface area is 168 Å². The van der Waals surface area contributed by atoms with Gasteiger partial charge in [0.2, 0.25) is 12.0 Å². The van der Waals surface area contributed by atoms with Crippen LogP contribution in [0.15, 0.2) is 41.8 Å². The van der Waals surface area contributed by atoms with E-state index in [1.807, 2.05) is 42.6 Å². The van der Waals surface area contributed by atoms with Gasteiger partial charge in [-0.25, -0.2) is 0 Å². The number of carbonyl (C=O) groups excluding carboxylic acids is 2. The minimum Gasteiger partial charge on any atom is -0.485 e. The smallest absolute Gasteiger partial charge is 0.267 e. The Kier molecular flexibility index (Phi) is 5.34. The lowest BCUT2D eigenvalue weighted by atomic mass is 10.2. The zero-order valence-electron chi connectivity index (χ0n) is 15.7. The molecule has 146 valence electrons. The van der Waals surface area contributed by atoms with Crippen LogP contribution in [-0.4, -0.2) is 60.5 Å². The summed E-state index contributed by atoms with van der Waals surface area (Å²) in [5, 5.41) is 2.01. The second-order valence-corrected chi connectivity index (χ2v) is 7.76. The predicted octanol–water partition coefficient (Wildman–Crippen LogP) is 2.58. The molecular formula is C21H22N2O4S. The Hall–Kier alpha value is -2.80. The van der Waals surface area contributed by atoms with Gasteiger partial charge in [-0.2, -0.15) is 0 Å². The van der Waals surface area contributed by atoms with Crippen molar-refractivity contribution in [2.24, 2.45) is 0 Å². The highest BCUT2D eigenvalue weighted by Crippen LogP contribution is 2.31. The van der Waals surface area contributed by atoms with Crippen molar-refractivity contribution in [1.29, 1.82) is 0 Å². The van der Waals surface area contributed by atoms with E-state index in [4.69, 9.17) is 9.47 Å². The summed E-state index contributed by atoms with van der Waals surface area (Å²) in [4.78, 5) is 29.8. The molecule has 4 rings (SSSR count). The summed E-state index contributed by atoms with van der Waals surface area (Å²) in [6, 6.07) is 9.38. The standard InChI is InChI=1S/C21H22N2O4S/c1-15-8-13-28-19(15)6-7-20(24)22-9-11-23(12-10-22)21(25)18-14-26-16-4-2-3-5-17(16)27-18/h2-8,13,18H,9-12,14H2,1H3/b7-6+. The maximum absolute atomic E-state index is 12.8. The molecule has 1 aromatic heterocycles. The van der Waals surface area contributed by atoms with Gasteiger partial charge in [-0.3, -0.25) is 9.59 Å². The van der Waals surface area contributed by atoms with Crippen LogP contribution in [0.5, 0.6) is 11.5 Å². The van der Waals surface area contributed by atoms with Crippen molar-refractivity contribution >= 4 is 29.2 Å². The molecule has 0 radical (unpaired) electrons. The van der Waals surface area contributed by atoms with Crippen molar-refractivity contribution in [3.05, 3.63) is 52.2 Å². The monoisotopic (exact) mass is 398 g/mol. The summed E-state index contributed by atoms with van der Waals surface area (Å²) in [5.74, 6) is 1.14. The van der Waals surface area contributed by atoms with E-state index in [-0.39, 0.29) is 18.4 Å². The Morgan fingerprint density at radius 3 is 2.50 bits per heavy atom. The Morgan fingerprint density at radius 1 is 1.07 bits per heavy atom. The number of hydrogen-bond donors (Lipinski definition) is 0. The van der Waals surface area contributed by atoms with E-state index >= 15 is 0 Å². The van der Waals surface area contributed by atoms with Crippen molar-refractivity contribution in [2.45, 2.75) is 13.0 Å². The normalized spacial score (nSPS) is 19.1. The first-order valence-corrected chi connectivity index (χ1v) is 10.2. The number of nitrogens with zero attached hydrogens (tertiary/aromatic N) is 2. The molecule has 1 saturated heterocycles. The quantitative estimate of drug-likeness (QED) is 0.746. The zero-order valence-corrected chi connectivity index (χ0v) is 16.5. The molecule has 0 aliphatic carbocycles. The van der Waals surface area contributed by atoms with Crippen molar-refractivity contribution in [3.63, 3.8) is 0 Å². The molecule has 1 aromatic carbocycles. The molecule has 1 fully saturated rings. The van der Waals surface area contributed by atoms with Crippen LogP contribution in [0, 0.1) is 6.92 Å². The van der Waals surface area contributed by atoms with Gasteiger partial charge in [-0.1, -0.05) is 12.1 Å². The molecule has 0 bridgehead atoms. The second-order valence-electron chi connectivity index (χ2n) is 6.82. The predicted molar refractivity (Wildman–Crippen MR) is 108 cm³/mol. The Balaban J connectivity index is 1.30. The molecular weight excluding hydrogens is 376 g/mol. The summed E-state index contributed by atoms with van der Waals surface area (Å²) in [5.41, 5.74) is 1.17. The highest BCUT2D eigenvalue weighted by atomic mass is 32.1. The lowest BCUT2D eigenvalue weighted by Gasteiger charge is -2.36. The number of carbonyl (C=O) groups is 2. The number of thiophene rings is 1. The van der Waals surface area contributed by atoms with Gasteiger partial charge in [0.05, 0.1) is 0 Å². The van der Waals surface area contributed by atoms with E-state index in [1.54, 1.807) is 33.3 Å². The number of para-hydroxylation sites is 2. The molecule has 0 saturated carbocycles. The van der Waals surface area contributed by atoms with E-state index in [0.717, 1.165) is 4.88 Å². The SMILES string of the molecule is Cc1ccsc1/C=C/C(=O)N1CCN(C(=O)C2COc3ccccc3O2)CC1. The molecule has 3 heterocycles. The molecule has 2 amide bonds. The van der Waals surface area contributed by atoms with Gasteiger partial charge in [0.15, 0.2) is 11.5 Å². The number of benzene rings is 1. The van der Waals surface area contributed by atoms with Crippen LogP contribution in [0.2, 0.25) is 0 Å². The van der Waals surface area contributed by atoms with Crippen LogP contribution in [-0.2, 0) is 9.59 Å². The van der Waals surface area contributed by atoms with Gasteiger partial charge in [0.25, 0.3) is 5.91 Å². The van der Waals surface area contributed by atoms with Crippen LogP contribution < -0.4 is 9.47 Å². The first-order chi connectivity index (χ1) is 13.6.